The van der Waals surface area contributed by atoms with Gasteiger partial charge in [0.15, 0.2) is 5.65 Å². The van der Waals surface area contributed by atoms with Crippen molar-refractivity contribution >= 4 is 52.4 Å². The fourth-order valence-corrected chi connectivity index (χ4v) is 8.76. The molecule has 0 radical (unpaired) electrons. The first-order valence-corrected chi connectivity index (χ1v) is 20.5. The number of anilines is 3. The lowest BCUT2D eigenvalue weighted by atomic mass is 10.0. The number of aromatic nitrogens is 6. The van der Waals surface area contributed by atoms with E-state index in [1.807, 2.05) is 12.1 Å². The lowest BCUT2D eigenvalue weighted by Crippen LogP contribution is -2.52. The maximum atomic E-state index is 14.4. The minimum Gasteiger partial charge on any atom is -0.368 e. The molecule has 3 fully saturated rings. The summed E-state index contributed by atoms with van der Waals surface area (Å²) in [5, 5.41) is 15.6. The lowest BCUT2D eigenvalue weighted by Gasteiger charge is -2.36. The first-order valence-electron chi connectivity index (χ1n) is 20.5. The highest BCUT2D eigenvalue weighted by atomic mass is 19.4. The molecule has 1 unspecified atom stereocenters. The summed E-state index contributed by atoms with van der Waals surface area (Å²) in [6, 6.07) is 6.57. The van der Waals surface area contributed by atoms with Crippen LogP contribution in [0, 0.1) is 0 Å². The number of alkyl halides is 3. The molecule has 0 bridgehead atoms. The Balaban J connectivity index is 0.773. The number of pyridine rings is 1. The molecule has 0 spiro atoms. The van der Waals surface area contributed by atoms with E-state index in [0.29, 0.717) is 49.5 Å². The summed E-state index contributed by atoms with van der Waals surface area (Å²) in [6.45, 7) is 2.29. The van der Waals surface area contributed by atoms with Gasteiger partial charge >= 0.3 is 12.2 Å². The number of carbonyl (C=O) groups excluding carboxylic acids is 5. The van der Waals surface area contributed by atoms with Gasteiger partial charge in [0.25, 0.3) is 5.91 Å². The Hall–Kier alpha value is -6.93. The number of benzene rings is 1. The molecule has 62 heavy (non-hydrogen) atoms. The summed E-state index contributed by atoms with van der Waals surface area (Å²) in [5.41, 5.74) is 2.06. The van der Waals surface area contributed by atoms with Crippen LogP contribution in [0.25, 0.3) is 17.2 Å². The molecule has 322 valence electrons. The fourth-order valence-electron chi connectivity index (χ4n) is 8.76. The number of imide groups is 1. The number of hydrogen-bond acceptors (Lipinski definition) is 12. The largest absolute Gasteiger partial charge is 0.418 e. The van der Waals surface area contributed by atoms with Crippen LogP contribution in [0.3, 0.4) is 0 Å². The second-order valence-electron chi connectivity index (χ2n) is 15.8. The molecule has 6 amide bonds. The van der Waals surface area contributed by atoms with Gasteiger partial charge in [0, 0.05) is 75.2 Å². The second-order valence-corrected chi connectivity index (χ2v) is 15.8. The molecule has 9 rings (SSSR count). The number of urea groups is 1. The minimum absolute atomic E-state index is 0.0428. The van der Waals surface area contributed by atoms with E-state index in [1.54, 1.807) is 27.7 Å². The highest BCUT2D eigenvalue weighted by Gasteiger charge is 2.40. The number of fused-ring (bicyclic) bond motifs is 2. The van der Waals surface area contributed by atoms with Gasteiger partial charge in [0.05, 0.1) is 41.2 Å². The van der Waals surface area contributed by atoms with Gasteiger partial charge in [-0.25, -0.2) is 19.3 Å². The predicted octanol–water partition coefficient (Wildman–Crippen LogP) is 4.93. The Morgan fingerprint density at radius 3 is 2.53 bits per heavy atom. The molecule has 3 N–H and O–H groups in total. The average molecular weight is 855 g/mol. The third-order valence-corrected chi connectivity index (χ3v) is 11.9. The van der Waals surface area contributed by atoms with Crippen LogP contribution in [-0.2, 0) is 33.5 Å². The van der Waals surface area contributed by atoms with Crippen LogP contribution < -0.4 is 20.9 Å². The molecular weight excluding hydrogens is 814 g/mol. The Kier molecular flexibility index (Phi) is 10.8. The lowest BCUT2D eigenvalue weighted by molar-refractivity contribution is -0.138. The SMILES string of the molecule is O=C1CCC(N2Cc3cc(N4CCN(C(=O)CCCc5nc(-c6ncc(NC(=O)Nc7cnc8ccnn8c7C7CCCC7)cc6C(F)(F)F)no5)CC4)ccc3C2=O)C(=O)N1. The summed E-state index contributed by atoms with van der Waals surface area (Å²) >= 11 is 0. The van der Waals surface area contributed by atoms with E-state index in [1.165, 1.54) is 11.1 Å². The van der Waals surface area contributed by atoms with Crippen molar-refractivity contribution in [3.8, 4) is 11.5 Å². The number of piperazine rings is 1. The van der Waals surface area contributed by atoms with Gasteiger partial charge in [-0.3, -0.25) is 24.5 Å². The third-order valence-electron chi connectivity index (χ3n) is 11.9. The number of aryl methyl sites for hydroxylation is 1. The van der Waals surface area contributed by atoms with E-state index < -0.39 is 35.4 Å². The van der Waals surface area contributed by atoms with E-state index in [-0.39, 0.29) is 73.3 Å². The van der Waals surface area contributed by atoms with Crippen LogP contribution in [0.2, 0.25) is 0 Å². The van der Waals surface area contributed by atoms with Crippen molar-refractivity contribution in [1.29, 1.82) is 0 Å². The summed E-state index contributed by atoms with van der Waals surface area (Å²) in [5.74, 6) is -1.35. The first kappa shape index (κ1) is 40.5. The van der Waals surface area contributed by atoms with Crippen LogP contribution in [0.1, 0.15) is 90.4 Å². The van der Waals surface area contributed by atoms with Gasteiger partial charge in [-0.2, -0.15) is 23.3 Å². The molecule has 1 aromatic carbocycles. The Morgan fingerprint density at radius 1 is 0.952 bits per heavy atom. The Morgan fingerprint density at radius 2 is 1.76 bits per heavy atom. The van der Waals surface area contributed by atoms with Crippen LogP contribution >= 0.6 is 0 Å². The van der Waals surface area contributed by atoms with Crippen LogP contribution in [0.4, 0.5) is 35.0 Å². The highest BCUT2D eigenvalue weighted by Crippen LogP contribution is 2.39. The number of carbonyl (C=O) groups is 5. The van der Waals surface area contributed by atoms with Gasteiger partial charge in [0.1, 0.15) is 11.7 Å². The summed E-state index contributed by atoms with van der Waals surface area (Å²) in [6.07, 6.45) is 4.28. The average Bonchev–Trinajstić information content (AvgIpc) is 4.09. The van der Waals surface area contributed by atoms with Gasteiger partial charge in [-0.05, 0) is 55.5 Å². The molecule has 1 saturated carbocycles. The molecule has 1 aliphatic carbocycles. The van der Waals surface area contributed by atoms with Crippen molar-refractivity contribution in [1.82, 2.24) is 44.8 Å². The van der Waals surface area contributed by atoms with Crippen molar-refractivity contribution in [2.75, 3.05) is 41.7 Å². The van der Waals surface area contributed by atoms with Crippen molar-refractivity contribution < 1.29 is 41.7 Å². The maximum absolute atomic E-state index is 14.4. The summed E-state index contributed by atoms with van der Waals surface area (Å²) < 4.78 is 50.0. The zero-order valence-electron chi connectivity index (χ0n) is 33.3. The molecule has 3 aliphatic heterocycles. The topological polar surface area (TPSA) is 213 Å². The fraction of sp³-hybridized carbons (Fsp3) is 0.415. The normalized spacial score (nSPS) is 18.4. The van der Waals surface area contributed by atoms with Gasteiger partial charge in [0.2, 0.25) is 29.4 Å². The zero-order valence-corrected chi connectivity index (χ0v) is 33.3. The van der Waals surface area contributed by atoms with E-state index in [4.69, 9.17) is 4.52 Å². The first-order chi connectivity index (χ1) is 29.9. The number of rotatable bonds is 10. The molecule has 1 atom stereocenters. The summed E-state index contributed by atoms with van der Waals surface area (Å²) in [4.78, 5) is 81.2. The standard InChI is InChI=1S/C41H41F3N12O6/c42-41(43,44)28-19-25(48-40(61)49-29-21-45-31-12-13-47-56(31)36(29)23-4-1-2-5-23)20-46-35(28)37-51-33(62-52-37)6-3-7-34(58)54-16-14-53(15-17-54)26-8-9-27-24(18-26)22-55(39(27)60)30-10-11-32(57)50-38(30)59/h8-9,12-13,18-21,23,30H,1-7,10-11,14-17,22H2,(H2,48,49,61)(H,50,57,59). The second kappa shape index (κ2) is 16.5. The molecule has 4 aliphatic rings. The van der Waals surface area contributed by atoms with Crippen molar-refractivity contribution in [2.45, 2.75) is 82.5 Å². The third kappa shape index (κ3) is 8.13. The maximum Gasteiger partial charge on any atom is 0.418 e. The van der Waals surface area contributed by atoms with Crippen LogP contribution in [-0.4, -0.2) is 101 Å². The Labute approximate surface area is 351 Å². The summed E-state index contributed by atoms with van der Waals surface area (Å²) in [7, 11) is 0. The number of hydrogen-bond donors (Lipinski definition) is 3. The molecule has 2 saturated heterocycles. The molecule has 5 aromatic rings. The Bertz CT molecular complexity index is 2580. The minimum atomic E-state index is -4.88. The van der Waals surface area contributed by atoms with Gasteiger partial charge < -0.3 is 29.9 Å². The zero-order chi connectivity index (χ0) is 43.1. The van der Waals surface area contributed by atoms with E-state index in [0.717, 1.165) is 54.9 Å². The quantitative estimate of drug-likeness (QED) is 0.160. The molecule has 4 aromatic heterocycles. The van der Waals surface area contributed by atoms with Crippen LogP contribution in [0.15, 0.2) is 53.4 Å². The number of nitrogens with zero attached hydrogens (tertiary/aromatic N) is 9. The molecular formula is C41H41F3N12O6. The van der Waals surface area contributed by atoms with E-state index >= 15 is 0 Å². The predicted molar refractivity (Wildman–Crippen MR) is 214 cm³/mol. The van der Waals surface area contributed by atoms with Crippen molar-refractivity contribution in [2.24, 2.45) is 0 Å². The number of halogens is 3. The monoisotopic (exact) mass is 854 g/mol. The van der Waals surface area contributed by atoms with E-state index in [9.17, 15) is 37.1 Å². The van der Waals surface area contributed by atoms with Gasteiger partial charge in [-0.15, -0.1) is 0 Å². The highest BCUT2D eigenvalue weighted by molar-refractivity contribution is 6.05. The number of amides is 6. The molecule has 18 nitrogen and oxygen atoms in total. The molecule has 7 heterocycles. The smallest absolute Gasteiger partial charge is 0.368 e. The molecule has 21 heteroatoms. The van der Waals surface area contributed by atoms with Crippen molar-refractivity contribution in [3.63, 3.8) is 0 Å². The van der Waals surface area contributed by atoms with E-state index in [2.05, 4.69) is 46.1 Å². The number of piperidine rings is 1. The van der Waals surface area contributed by atoms with Crippen molar-refractivity contribution in [3.05, 3.63) is 77.2 Å². The van der Waals surface area contributed by atoms with Gasteiger partial charge in [-0.1, -0.05) is 18.0 Å². The van der Waals surface area contributed by atoms with Crippen LogP contribution in [0.5, 0.6) is 0 Å². The number of nitrogens with one attached hydrogen (secondary N) is 3.